The van der Waals surface area contributed by atoms with Crippen LogP contribution in [-0.4, -0.2) is 37.0 Å². The van der Waals surface area contributed by atoms with Crippen LogP contribution in [0.15, 0.2) is 30.0 Å². The van der Waals surface area contributed by atoms with E-state index in [1.807, 2.05) is 13.0 Å². The van der Waals surface area contributed by atoms with Crippen LogP contribution in [-0.2, 0) is 17.6 Å². The summed E-state index contributed by atoms with van der Waals surface area (Å²) in [4.78, 5) is 14.7. The van der Waals surface area contributed by atoms with Gasteiger partial charge >= 0.3 is 0 Å². The Hall–Kier alpha value is -2.32. The molecule has 5 nitrogen and oxygen atoms in total. The van der Waals surface area contributed by atoms with E-state index in [1.165, 1.54) is 30.2 Å². The number of hydrogen-bond acceptors (Lipinski definition) is 4. The average Bonchev–Trinajstić information content (AvgIpc) is 2.70. The highest BCUT2D eigenvalue weighted by Crippen LogP contribution is 2.24. The van der Waals surface area contributed by atoms with E-state index >= 15 is 0 Å². The minimum Gasteiger partial charge on any atom is -0.388 e. The van der Waals surface area contributed by atoms with Crippen LogP contribution in [0.3, 0.4) is 0 Å². The molecule has 1 aromatic rings. The van der Waals surface area contributed by atoms with Gasteiger partial charge < -0.3 is 15.5 Å². The quantitative estimate of drug-likeness (QED) is 0.399. The maximum absolute atomic E-state index is 12.4. The van der Waals surface area contributed by atoms with Crippen molar-refractivity contribution in [2.24, 2.45) is 0 Å². The summed E-state index contributed by atoms with van der Waals surface area (Å²) in [5.74, 6) is -0.335. The van der Waals surface area contributed by atoms with E-state index in [2.05, 4.69) is 47.6 Å². The molecule has 0 aromatic heterocycles. The Morgan fingerprint density at radius 3 is 2.63 bits per heavy atom. The lowest BCUT2D eigenvalue weighted by atomic mass is 9.89. The number of amides is 1. The maximum Gasteiger partial charge on any atom is 0.263 e. The molecule has 5 heteroatoms. The molecule has 1 unspecified atom stereocenters. The summed E-state index contributed by atoms with van der Waals surface area (Å²) in [5.41, 5.74) is 4.03. The van der Waals surface area contributed by atoms with Crippen LogP contribution >= 0.6 is 0 Å². The third kappa shape index (κ3) is 6.11. The fraction of sp³-hybridized carbons (Fsp3) is 0.545. The lowest BCUT2D eigenvalue weighted by Gasteiger charge is -2.20. The summed E-state index contributed by atoms with van der Waals surface area (Å²) in [5, 5.41) is 15.3. The zero-order valence-electron chi connectivity index (χ0n) is 16.8. The van der Waals surface area contributed by atoms with Crippen LogP contribution in [0.2, 0.25) is 0 Å². The first-order valence-electron chi connectivity index (χ1n) is 10.1. The van der Waals surface area contributed by atoms with Gasteiger partial charge in [0.25, 0.3) is 5.91 Å². The molecular formula is C22H32N4O. The van der Waals surface area contributed by atoms with Crippen LogP contribution in [0, 0.1) is 11.3 Å². The second-order valence-corrected chi connectivity index (χ2v) is 7.08. The molecule has 0 fully saturated rings. The topological polar surface area (TPSA) is 68.2 Å². The normalized spacial score (nSPS) is 15.0. The second-order valence-electron chi connectivity index (χ2n) is 7.08. The van der Waals surface area contributed by atoms with Crippen LogP contribution in [0.25, 0.3) is 0 Å². The largest absolute Gasteiger partial charge is 0.388 e. The summed E-state index contributed by atoms with van der Waals surface area (Å²) >= 11 is 0. The molecule has 2 rings (SSSR count). The number of carbonyl (C=O) groups is 1. The molecular weight excluding hydrogens is 336 g/mol. The van der Waals surface area contributed by atoms with E-state index in [0.29, 0.717) is 6.54 Å². The van der Waals surface area contributed by atoms with Crippen molar-refractivity contribution in [2.75, 3.05) is 26.2 Å². The number of benzene rings is 1. The standard InChI is InChI=1S/C22H32N4O/c1-4-26(5-2)13-12-24-16-21(15-23)22(27)25-17(3)19-11-10-18-8-6-7-9-20(18)14-19/h10-11,14,16-17,24H,4-9,12-13H2,1-3H3,(H,25,27)/b21-16-. The van der Waals surface area contributed by atoms with Crippen molar-refractivity contribution >= 4 is 5.91 Å². The molecule has 0 saturated carbocycles. The van der Waals surface area contributed by atoms with Gasteiger partial charge in [0.1, 0.15) is 11.6 Å². The monoisotopic (exact) mass is 368 g/mol. The third-order valence-corrected chi connectivity index (χ3v) is 5.30. The summed E-state index contributed by atoms with van der Waals surface area (Å²) in [6, 6.07) is 8.35. The Bertz CT molecular complexity index is 701. The van der Waals surface area contributed by atoms with E-state index in [0.717, 1.165) is 38.0 Å². The Morgan fingerprint density at radius 2 is 1.96 bits per heavy atom. The number of rotatable bonds is 9. The van der Waals surface area contributed by atoms with Gasteiger partial charge in [0.15, 0.2) is 0 Å². The van der Waals surface area contributed by atoms with E-state index in [9.17, 15) is 10.1 Å². The number of nitriles is 1. The maximum atomic E-state index is 12.4. The number of carbonyl (C=O) groups excluding carboxylic acids is 1. The molecule has 0 aliphatic heterocycles. The summed E-state index contributed by atoms with van der Waals surface area (Å²) < 4.78 is 0. The zero-order valence-corrected chi connectivity index (χ0v) is 16.8. The van der Waals surface area contributed by atoms with Gasteiger partial charge in [0, 0.05) is 19.3 Å². The second kappa shape index (κ2) is 10.7. The highest BCUT2D eigenvalue weighted by atomic mass is 16.1. The Balaban J connectivity index is 1.91. The number of fused-ring (bicyclic) bond motifs is 1. The van der Waals surface area contributed by atoms with Gasteiger partial charge in [-0.1, -0.05) is 32.0 Å². The van der Waals surface area contributed by atoms with Gasteiger partial charge in [0.2, 0.25) is 0 Å². The van der Waals surface area contributed by atoms with Crippen molar-refractivity contribution in [3.63, 3.8) is 0 Å². The fourth-order valence-corrected chi connectivity index (χ4v) is 3.47. The predicted molar refractivity (Wildman–Crippen MR) is 109 cm³/mol. The molecule has 0 spiro atoms. The van der Waals surface area contributed by atoms with Gasteiger partial charge in [-0.15, -0.1) is 0 Å². The van der Waals surface area contributed by atoms with Gasteiger partial charge in [-0.25, -0.2) is 0 Å². The number of nitrogens with zero attached hydrogens (tertiary/aromatic N) is 2. The van der Waals surface area contributed by atoms with E-state index in [-0.39, 0.29) is 17.5 Å². The van der Waals surface area contributed by atoms with E-state index in [4.69, 9.17) is 0 Å². The zero-order chi connectivity index (χ0) is 19.6. The molecule has 2 N–H and O–H groups in total. The summed E-state index contributed by atoms with van der Waals surface area (Å²) in [7, 11) is 0. The van der Waals surface area contributed by atoms with Gasteiger partial charge in [-0.05, 0) is 62.4 Å². The minimum absolute atomic E-state index is 0.111. The Kier molecular flexibility index (Phi) is 8.35. The predicted octanol–water partition coefficient (Wildman–Crippen LogP) is 3.08. The van der Waals surface area contributed by atoms with Crippen LogP contribution in [0.5, 0.6) is 0 Å². The molecule has 0 heterocycles. The molecule has 1 aliphatic rings. The molecule has 1 atom stereocenters. The number of hydrogen-bond donors (Lipinski definition) is 2. The number of aryl methyl sites for hydroxylation is 2. The molecule has 1 aliphatic carbocycles. The first kappa shape index (κ1) is 21.0. The third-order valence-electron chi connectivity index (χ3n) is 5.30. The lowest BCUT2D eigenvalue weighted by molar-refractivity contribution is -0.117. The van der Waals surface area contributed by atoms with Crippen LogP contribution in [0.1, 0.15) is 56.3 Å². The van der Waals surface area contributed by atoms with Crippen molar-refractivity contribution in [3.8, 4) is 6.07 Å². The van der Waals surface area contributed by atoms with Crippen molar-refractivity contribution < 1.29 is 4.79 Å². The summed E-state index contributed by atoms with van der Waals surface area (Å²) in [6.45, 7) is 9.78. The Morgan fingerprint density at radius 1 is 1.26 bits per heavy atom. The highest BCUT2D eigenvalue weighted by Gasteiger charge is 2.16. The highest BCUT2D eigenvalue weighted by molar-refractivity contribution is 5.97. The first-order valence-corrected chi connectivity index (χ1v) is 10.1. The number of likely N-dealkylation sites (N-methyl/N-ethyl adjacent to an activating group) is 1. The first-order chi connectivity index (χ1) is 13.1. The van der Waals surface area contributed by atoms with Crippen LogP contribution < -0.4 is 10.6 Å². The van der Waals surface area contributed by atoms with Gasteiger partial charge in [-0.2, -0.15) is 5.26 Å². The SMILES string of the molecule is CCN(CC)CCN/C=C(/C#N)C(=O)NC(C)c1ccc2c(c1)CCCC2. The average molecular weight is 369 g/mol. The molecule has 0 saturated heterocycles. The molecule has 27 heavy (non-hydrogen) atoms. The molecule has 1 amide bonds. The lowest BCUT2D eigenvalue weighted by Crippen LogP contribution is -2.31. The fourth-order valence-electron chi connectivity index (χ4n) is 3.47. The van der Waals surface area contributed by atoms with Crippen molar-refractivity contribution in [1.29, 1.82) is 5.26 Å². The van der Waals surface area contributed by atoms with E-state index < -0.39 is 0 Å². The van der Waals surface area contributed by atoms with Crippen molar-refractivity contribution in [2.45, 2.75) is 52.5 Å². The molecule has 0 radical (unpaired) electrons. The minimum atomic E-state index is -0.335. The summed E-state index contributed by atoms with van der Waals surface area (Å²) in [6.07, 6.45) is 6.28. The van der Waals surface area contributed by atoms with E-state index in [1.54, 1.807) is 0 Å². The van der Waals surface area contributed by atoms with Crippen molar-refractivity contribution in [1.82, 2.24) is 15.5 Å². The van der Waals surface area contributed by atoms with Gasteiger partial charge in [-0.3, -0.25) is 4.79 Å². The van der Waals surface area contributed by atoms with Crippen molar-refractivity contribution in [3.05, 3.63) is 46.7 Å². The Labute approximate surface area is 163 Å². The molecule has 146 valence electrons. The number of nitrogens with one attached hydrogen (secondary N) is 2. The van der Waals surface area contributed by atoms with Gasteiger partial charge in [0.05, 0.1) is 6.04 Å². The molecule has 1 aromatic carbocycles. The van der Waals surface area contributed by atoms with Crippen LogP contribution in [0.4, 0.5) is 0 Å². The molecule has 0 bridgehead atoms. The smallest absolute Gasteiger partial charge is 0.263 e.